The Morgan fingerprint density at radius 2 is 1.88 bits per heavy atom. The Hall–Kier alpha value is -3.01. The van der Waals surface area contributed by atoms with Gasteiger partial charge in [-0.05, 0) is 62.3 Å². The maximum absolute atomic E-state index is 13.4. The number of anilines is 1. The van der Waals surface area contributed by atoms with E-state index in [0.29, 0.717) is 22.5 Å². The lowest BCUT2D eigenvalue weighted by atomic mass is 9.85. The van der Waals surface area contributed by atoms with Gasteiger partial charge in [-0.3, -0.25) is 4.79 Å². The van der Waals surface area contributed by atoms with Crippen LogP contribution in [0.1, 0.15) is 67.4 Å². The van der Waals surface area contributed by atoms with Crippen LogP contribution in [-0.2, 0) is 0 Å². The van der Waals surface area contributed by atoms with E-state index in [2.05, 4.69) is 17.1 Å². The Bertz CT molecular complexity index is 1110. The molecule has 4 heteroatoms. The van der Waals surface area contributed by atoms with Crippen LogP contribution < -0.4 is 14.4 Å². The SMILES string of the molecule is COc1cc(N2CCC3(CCCC3)C2)c2c(c1C(=O)/C=C/c1ccccc1)OC(C)(C)C=C2. The average Bonchev–Trinajstić information content (AvgIpc) is 3.46. The van der Waals surface area contributed by atoms with Crippen molar-refractivity contribution in [2.75, 3.05) is 25.1 Å². The summed E-state index contributed by atoms with van der Waals surface area (Å²) < 4.78 is 12.2. The zero-order chi connectivity index (χ0) is 23.1. The Morgan fingerprint density at radius 1 is 1.12 bits per heavy atom. The second-order valence-electron chi connectivity index (χ2n) is 10.2. The van der Waals surface area contributed by atoms with Crippen molar-refractivity contribution >= 4 is 23.6 Å². The molecule has 2 aliphatic heterocycles. The Kier molecular flexibility index (Phi) is 5.55. The van der Waals surface area contributed by atoms with Crippen LogP contribution in [0.4, 0.5) is 5.69 Å². The van der Waals surface area contributed by atoms with E-state index >= 15 is 0 Å². The van der Waals surface area contributed by atoms with Gasteiger partial charge < -0.3 is 14.4 Å². The van der Waals surface area contributed by atoms with Crippen molar-refractivity contribution in [3.63, 3.8) is 0 Å². The van der Waals surface area contributed by atoms with Crippen LogP contribution in [0.3, 0.4) is 0 Å². The van der Waals surface area contributed by atoms with Gasteiger partial charge in [0, 0.05) is 24.7 Å². The van der Waals surface area contributed by atoms with E-state index in [0.717, 1.165) is 29.9 Å². The minimum absolute atomic E-state index is 0.113. The zero-order valence-corrected chi connectivity index (χ0v) is 19.9. The van der Waals surface area contributed by atoms with Gasteiger partial charge in [0.1, 0.15) is 22.7 Å². The van der Waals surface area contributed by atoms with Gasteiger partial charge in [-0.15, -0.1) is 0 Å². The standard InChI is InChI=1S/C29H33NO3/c1-28(2)16-13-22-23(30-18-17-29(20-30)14-7-8-15-29)19-25(32-3)26(27(22)33-28)24(31)12-11-21-9-5-4-6-10-21/h4-6,9-13,16,19H,7-8,14-15,17-18,20H2,1-3H3/b12-11+. The number of methoxy groups -OCH3 is 1. The number of ketones is 1. The lowest BCUT2D eigenvalue weighted by molar-refractivity contribution is 0.103. The Labute approximate surface area is 196 Å². The fourth-order valence-electron chi connectivity index (χ4n) is 5.63. The topological polar surface area (TPSA) is 38.8 Å². The van der Waals surface area contributed by atoms with Gasteiger partial charge in [0.15, 0.2) is 5.78 Å². The van der Waals surface area contributed by atoms with Gasteiger partial charge >= 0.3 is 0 Å². The van der Waals surface area contributed by atoms with Crippen molar-refractivity contribution in [1.29, 1.82) is 0 Å². The molecule has 0 radical (unpaired) electrons. The number of hydrogen-bond donors (Lipinski definition) is 0. The Morgan fingerprint density at radius 3 is 2.61 bits per heavy atom. The second-order valence-corrected chi connectivity index (χ2v) is 10.2. The van der Waals surface area contributed by atoms with Crippen LogP contribution in [0.25, 0.3) is 12.2 Å². The van der Waals surface area contributed by atoms with Gasteiger partial charge in [0.2, 0.25) is 0 Å². The van der Waals surface area contributed by atoms with Crippen LogP contribution in [-0.4, -0.2) is 31.6 Å². The smallest absolute Gasteiger partial charge is 0.193 e. The van der Waals surface area contributed by atoms with Gasteiger partial charge in [-0.1, -0.05) is 49.2 Å². The first-order valence-corrected chi connectivity index (χ1v) is 12.1. The average molecular weight is 444 g/mol. The number of benzene rings is 2. The van der Waals surface area contributed by atoms with Crippen molar-refractivity contribution in [3.05, 3.63) is 65.2 Å². The summed E-state index contributed by atoms with van der Waals surface area (Å²) in [5.41, 5.74) is 3.53. The summed E-state index contributed by atoms with van der Waals surface area (Å²) in [5.74, 6) is 1.09. The molecule has 1 spiro atoms. The van der Waals surface area contributed by atoms with Crippen LogP contribution in [0.5, 0.6) is 11.5 Å². The predicted octanol–water partition coefficient (Wildman–Crippen LogP) is 6.55. The Balaban J connectivity index is 1.57. The summed E-state index contributed by atoms with van der Waals surface area (Å²) in [6.07, 6.45) is 14.2. The summed E-state index contributed by atoms with van der Waals surface area (Å²) in [5, 5.41) is 0. The molecule has 0 aromatic heterocycles. The van der Waals surface area contributed by atoms with Crippen molar-refractivity contribution in [3.8, 4) is 11.5 Å². The van der Waals surface area contributed by atoms with Crippen molar-refractivity contribution < 1.29 is 14.3 Å². The first-order valence-electron chi connectivity index (χ1n) is 12.1. The van der Waals surface area contributed by atoms with Gasteiger partial charge in [0.05, 0.1) is 12.8 Å². The molecule has 1 saturated carbocycles. The molecule has 2 fully saturated rings. The van der Waals surface area contributed by atoms with Crippen LogP contribution in [0.15, 0.2) is 48.6 Å². The molecule has 5 rings (SSSR count). The molecule has 2 heterocycles. The maximum atomic E-state index is 13.4. The largest absolute Gasteiger partial charge is 0.496 e. The van der Waals surface area contributed by atoms with Crippen molar-refractivity contribution in [2.24, 2.45) is 5.41 Å². The molecule has 4 nitrogen and oxygen atoms in total. The molecule has 33 heavy (non-hydrogen) atoms. The minimum atomic E-state index is -0.494. The van der Waals surface area contributed by atoms with Crippen molar-refractivity contribution in [1.82, 2.24) is 0 Å². The minimum Gasteiger partial charge on any atom is -0.496 e. The summed E-state index contributed by atoms with van der Waals surface area (Å²) >= 11 is 0. The lowest BCUT2D eigenvalue weighted by Crippen LogP contribution is -2.31. The fourth-order valence-corrected chi connectivity index (χ4v) is 5.63. The van der Waals surface area contributed by atoms with Crippen LogP contribution in [0.2, 0.25) is 0 Å². The summed E-state index contributed by atoms with van der Waals surface area (Å²) in [4.78, 5) is 15.9. The summed E-state index contributed by atoms with van der Waals surface area (Å²) in [7, 11) is 1.63. The quantitative estimate of drug-likeness (QED) is 0.388. The zero-order valence-electron chi connectivity index (χ0n) is 19.9. The number of fused-ring (bicyclic) bond motifs is 1. The number of nitrogens with zero attached hydrogens (tertiary/aromatic N) is 1. The molecule has 3 aliphatic rings. The van der Waals surface area contributed by atoms with E-state index in [1.807, 2.05) is 56.3 Å². The highest BCUT2D eigenvalue weighted by Crippen LogP contribution is 2.50. The van der Waals surface area contributed by atoms with E-state index < -0.39 is 5.60 Å². The fraction of sp³-hybridized carbons (Fsp3) is 0.414. The summed E-state index contributed by atoms with van der Waals surface area (Å²) in [6, 6.07) is 11.9. The van der Waals surface area contributed by atoms with E-state index in [1.165, 1.54) is 32.1 Å². The number of carbonyl (C=O) groups is 1. The third kappa shape index (κ3) is 4.19. The molecule has 0 unspecified atom stereocenters. The van der Waals surface area contributed by atoms with Crippen molar-refractivity contribution in [2.45, 2.75) is 51.6 Å². The van der Waals surface area contributed by atoms with Gasteiger partial charge in [-0.2, -0.15) is 0 Å². The molecule has 1 saturated heterocycles. The maximum Gasteiger partial charge on any atom is 0.193 e. The number of carbonyl (C=O) groups excluding carboxylic acids is 1. The second kappa shape index (κ2) is 8.40. The molecule has 2 aromatic rings. The predicted molar refractivity (Wildman–Crippen MR) is 134 cm³/mol. The third-order valence-electron chi connectivity index (χ3n) is 7.41. The molecule has 1 aliphatic carbocycles. The van der Waals surface area contributed by atoms with E-state index in [1.54, 1.807) is 13.2 Å². The number of ether oxygens (including phenoxy) is 2. The van der Waals surface area contributed by atoms with E-state index in [9.17, 15) is 4.79 Å². The highest BCUT2D eigenvalue weighted by atomic mass is 16.5. The van der Waals surface area contributed by atoms with Gasteiger partial charge in [-0.25, -0.2) is 0 Å². The summed E-state index contributed by atoms with van der Waals surface area (Å²) in [6.45, 7) is 6.14. The molecular formula is C29H33NO3. The number of rotatable bonds is 5. The molecule has 2 aromatic carbocycles. The molecule has 0 amide bonds. The molecule has 0 bridgehead atoms. The highest BCUT2D eigenvalue weighted by molar-refractivity contribution is 6.12. The van der Waals surface area contributed by atoms with Crippen LogP contribution >= 0.6 is 0 Å². The molecule has 0 atom stereocenters. The van der Waals surface area contributed by atoms with Crippen LogP contribution in [0, 0.1) is 5.41 Å². The van der Waals surface area contributed by atoms with Gasteiger partial charge in [0.25, 0.3) is 0 Å². The van der Waals surface area contributed by atoms with E-state index in [4.69, 9.17) is 9.47 Å². The molecular weight excluding hydrogens is 410 g/mol. The normalized spacial score (nSPS) is 20.3. The number of hydrogen-bond acceptors (Lipinski definition) is 4. The molecule has 0 N–H and O–H groups in total. The monoisotopic (exact) mass is 443 g/mol. The molecule has 172 valence electrons. The first-order chi connectivity index (χ1) is 15.9. The lowest BCUT2D eigenvalue weighted by Gasteiger charge is -2.33. The first kappa shape index (κ1) is 21.8. The third-order valence-corrected chi connectivity index (χ3v) is 7.41. The van der Waals surface area contributed by atoms with E-state index in [-0.39, 0.29) is 5.78 Å². The highest BCUT2D eigenvalue weighted by Gasteiger charge is 2.42. The number of allylic oxidation sites excluding steroid dienone is 1.